The van der Waals surface area contributed by atoms with Gasteiger partial charge in [0.2, 0.25) is 0 Å². The fraction of sp³-hybridized carbons (Fsp3) is 0.514. The van der Waals surface area contributed by atoms with Crippen LogP contribution in [0, 0.1) is 29.6 Å². The molecular formula is C35H47NO4. The number of aryl methyl sites for hydroxylation is 1. The van der Waals surface area contributed by atoms with Crippen molar-refractivity contribution in [2.24, 2.45) is 11.3 Å². The van der Waals surface area contributed by atoms with Crippen molar-refractivity contribution < 1.29 is 19.1 Å². The van der Waals surface area contributed by atoms with Crippen LogP contribution in [0.25, 0.3) is 5.57 Å². The number of rotatable bonds is 17. The Morgan fingerprint density at radius 2 is 1.43 bits per heavy atom. The largest absolute Gasteiger partial charge is 0.465 e. The number of hydrogen-bond donors (Lipinski definition) is 0. The molecule has 0 saturated heterocycles. The average Bonchev–Trinajstić information content (AvgIpc) is 2.96. The van der Waals surface area contributed by atoms with Crippen LogP contribution in [-0.2, 0) is 19.1 Å². The molecule has 1 atom stereocenters. The highest BCUT2D eigenvalue weighted by molar-refractivity contribution is 6.05. The number of nitrogens with zero attached hydrogens (tertiary/aromatic N) is 1. The molecule has 0 bridgehead atoms. The zero-order chi connectivity index (χ0) is 29.4. The van der Waals surface area contributed by atoms with Crippen LogP contribution >= 0.6 is 0 Å². The Kier molecular flexibility index (Phi) is 14.2. The molecule has 5 nitrogen and oxygen atoms in total. The predicted molar refractivity (Wildman–Crippen MR) is 161 cm³/mol. The van der Waals surface area contributed by atoms with E-state index in [9.17, 15) is 14.9 Å². The third kappa shape index (κ3) is 11.8. The van der Waals surface area contributed by atoms with E-state index in [1.165, 1.54) is 32.1 Å². The summed E-state index contributed by atoms with van der Waals surface area (Å²) in [6.07, 6.45) is 9.76. The molecule has 0 N–H and O–H groups in total. The Balaban J connectivity index is 1.86. The third-order valence-corrected chi connectivity index (χ3v) is 7.21. The van der Waals surface area contributed by atoms with Gasteiger partial charge in [-0.05, 0) is 30.4 Å². The number of ether oxygens (including phenoxy) is 2. The third-order valence-electron chi connectivity index (χ3n) is 7.21. The second-order valence-corrected chi connectivity index (χ2v) is 11.7. The second kappa shape index (κ2) is 17.3. The first-order valence-corrected chi connectivity index (χ1v) is 14.8. The molecule has 2 rings (SSSR count). The van der Waals surface area contributed by atoms with Gasteiger partial charge in [0.05, 0.1) is 6.61 Å². The zero-order valence-electron chi connectivity index (χ0n) is 25.1. The van der Waals surface area contributed by atoms with E-state index in [0.717, 1.165) is 41.9 Å². The monoisotopic (exact) mass is 545 g/mol. The minimum Gasteiger partial charge on any atom is -0.465 e. The number of carbonyl (C=O) groups excluding carboxylic acids is 2. The van der Waals surface area contributed by atoms with E-state index in [4.69, 9.17) is 9.47 Å². The van der Waals surface area contributed by atoms with Crippen molar-refractivity contribution in [1.82, 2.24) is 0 Å². The first-order chi connectivity index (χ1) is 19.2. The summed E-state index contributed by atoms with van der Waals surface area (Å²) in [6.45, 7) is 10.5. The molecule has 0 radical (unpaired) electrons. The lowest BCUT2D eigenvalue weighted by Crippen LogP contribution is -2.29. The Morgan fingerprint density at radius 3 is 2.05 bits per heavy atom. The van der Waals surface area contributed by atoms with E-state index in [1.807, 2.05) is 75.4 Å². The summed E-state index contributed by atoms with van der Waals surface area (Å²) >= 11 is 0. The maximum Gasteiger partial charge on any atom is 0.349 e. The van der Waals surface area contributed by atoms with E-state index in [0.29, 0.717) is 12.0 Å². The van der Waals surface area contributed by atoms with Crippen molar-refractivity contribution in [2.45, 2.75) is 92.4 Å². The van der Waals surface area contributed by atoms with E-state index < -0.39 is 11.4 Å². The standard InChI is InChI=1S/C35H47NO4/c1-6-27(2)16-12-9-7-8-10-15-19-32(37)39-25-35(4,5)26-40-34(38)31(24-36)33(29-17-13-11-14-18-29)30-22-20-28(3)21-23-30/h11,13-14,17-18,20-23,27H,6-10,12,15-16,19,25-26H2,1-5H3/b33-31-. The zero-order valence-corrected chi connectivity index (χ0v) is 25.1. The highest BCUT2D eigenvalue weighted by atomic mass is 16.5. The molecule has 0 heterocycles. The van der Waals surface area contributed by atoms with Crippen LogP contribution < -0.4 is 0 Å². The summed E-state index contributed by atoms with van der Waals surface area (Å²) in [7, 11) is 0. The van der Waals surface area contributed by atoms with Crippen LogP contribution in [0.5, 0.6) is 0 Å². The molecule has 40 heavy (non-hydrogen) atoms. The maximum atomic E-state index is 13.1. The lowest BCUT2D eigenvalue weighted by molar-refractivity contribution is -0.150. The van der Waals surface area contributed by atoms with Crippen molar-refractivity contribution >= 4 is 17.5 Å². The van der Waals surface area contributed by atoms with Crippen LogP contribution in [-0.4, -0.2) is 25.2 Å². The van der Waals surface area contributed by atoms with Crippen molar-refractivity contribution in [1.29, 1.82) is 5.26 Å². The predicted octanol–water partition coefficient (Wildman–Crippen LogP) is 8.60. The summed E-state index contributed by atoms with van der Waals surface area (Å²) in [5.41, 5.74) is 2.51. The Labute approximate surface area is 241 Å². The van der Waals surface area contributed by atoms with Gasteiger partial charge in [-0.1, -0.05) is 133 Å². The van der Waals surface area contributed by atoms with Crippen molar-refractivity contribution in [3.05, 3.63) is 76.9 Å². The van der Waals surface area contributed by atoms with Gasteiger partial charge in [0, 0.05) is 17.4 Å². The summed E-state index contributed by atoms with van der Waals surface area (Å²) in [6, 6.07) is 19.2. The molecule has 0 aliphatic heterocycles. The average molecular weight is 546 g/mol. The van der Waals surface area contributed by atoms with Crippen LogP contribution in [0.4, 0.5) is 0 Å². The molecule has 0 saturated carbocycles. The number of hydrogen-bond acceptors (Lipinski definition) is 5. The van der Waals surface area contributed by atoms with E-state index >= 15 is 0 Å². The first-order valence-electron chi connectivity index (χ1n) is 14.8. The molecule has 2 aromatic rings. The molecular weight excluding hydrogens is 498 g/mol. The molecule has 0 aliphatic carbocycles. The van der Waals surface area contributed by atoms with E-state index in [1.54, 1.807) is 0 Å². The van der Waals surface area contributed by atoms with Gasteiger partial charge in [-0.25, -0.2) is 4.79 Å². The number of benzene rings is 2. The van der Waals surface area contributed by atoms with Crippen molar-refractivity contribution in [3.8, 4) is 6.07 Å². The second-order valence-electron chi connectivity index (χ2n) is 11.7. The molecule has 0 fully saturated rings. The summed E-state index contributed by atoms with van der Waals surface area (Å²) < 4.78 is 11.1. The number of nitriles is 1. The highest BCUT2D eigenvalue weighted by Gasteiger charge is 2.26. The van der Waals surface area contributed by atoms with Crippen LogP contribution in [0.1, 0.15) is 102 Å². The fourth-order valence-electron chi connectivity index (χ4n) is 4.38. The number of carbonyl (C=O) groups is 2. The lowest BCUT2D eigenvalue weighted by Gasteiger charge is -2.24. The smallest absolute Gasteiger partial charge is 0.349 e. The molecule has 0 amide bonds. The normalized spacial score (nSPS) is 12.7. The number of unbranched alkanes of at least 4 members (excludes halogenated alkanes) is 5. The molecule has 0 aromatic heterocycles. The van der Waals surface area contributed by atoms with Crippen molar-refractivity contribution in [2.75, 3.05) is 13.2 Å². The Morgan fingerprint density at radius 1 is 0.850 bits per heavy atom. The quantitative estimate of drug-likeness (QED) is 0.0861. The molecule has 0 spiro atoms. The maximum absolute atomic E-state index is 13.1. The SMILES string of the molecule is CCC(C)CCCCCCCCC(=O)OCC(C)(C)COC(=O)/C(C#N)=C(/c1ccccc1)c1ccc(C)cc1. The number of esters is 2. The van der Waals surface area contributed by atoms with Gasteiger partial charge in [-0.15, -0.1) is 0 Å². The van der Waals surface area contributed by atoms with Crippen molar-refractivity contribution in [3.63, 3.8) is 0 Å². The Bertz CT molecular complexity index is 1130. The van der Waals surface area contributed by atoms with Crippen LogP contribution in [0.2, 0.25) is 0 Å². The van der Waals surface area contributed by atoms with Crippen LogP contribution in [0.15, 0.2) is 60.2 Å². The minimum atomic E-state index is -0.689. The minimum absolute atomic E-state index is 0.0247. The van der Waals surface area contributed by atoms with Gasteiger partial charge >= 0.3 is 11.9 Å². The van der Waals surface area contributed by atoms with E-state index in [-0.39, 0.29) is 24.8 Å². The first kappa shape index (κ1) is 32.8. The fourth-order valence-corrected chi connectivity index (χ4v) is 4.38. The van der Waals surface area contributed by atoms with Gasteiger partial charge in [-0.2, -0.15) is 5.26 Å². The van der Waals surface area contributed by atoms with Gasteiger partial charge in [0.15, 0.2) is 0 Å². The van der Waals surface area contributed by atoms with Gasteiger partial charge in [0.25, 0.3) is 0 Å². The summed E-state index contributed by atoms with van der Waals surface area (Å²) in [5.74, 6) is -0.0946. The van der Waals surface area contributed by atoms with Crippen LogP contribution in [0.3, 0.4) is 0 Å². The van der Waals surface area contributed by atoms with Gasteiger partial charge in [-0.3, -0.25) is 4.79 Å². The Hall–Kier alpha value is -3.39. The van der Waals surface area contributed by atoms with Gasteiger partial charge < -0.3 is 9.47 Å². The highest BCUT2D eigenvalue weighted by Crippen LogP contribution is 2.28. The molecule has 5 heteroatoms. The van der Waals surface area contributed by atoms with Gasteiger partial charge in [0.1, 0.15) is 18.2 Å². The molecule has 216 valence electrons. The van der Waals surface area contributed by atoms with E-state index in [2.05, 4.69) is 19.9 Å². The topological polar surface area (TPSA) is 76.4 Å². The molecule has 2 aromatic carbocycles. The summed E-state index contributed by atoms with van der Waals surface area (Å²) in [4.78, 5) is 25.4. The molecule has 1 unspecified atom stereocenters. The summed E-state index contributed by atoms with van der Waals surface area (Å²) in [5, 5.41) is 9.97. The molecule has 0 aliphatic rings. The lowest BCUT2D eigenvalue weighted by atomic mass is 9.92.